The van der Waals surface area contributed by atoms with Crippen LogP contribution in [0, 0.1) is 5.82 Å². The van der Waals surface area contributed by atoms with Crippen molar-refractivity contribution in [1.29, 1.82) is 0 Å². The summed E-state index contributed by atoms with van der Waals surface area (Å²) in [6.07, 6.45) is 0.576. The average molecular weight is 397 g/mol. The molecule has 1 atom stereocenters. The van der Waals surface area contributed by atoms with Crippen LogP contribution in [0.1, 0.15) is 23.6 Å². The molecule has 4 rings (SSSR count). The zero-order chi connectivity index (χ0) is 20.2. The minimum Gasteiger partial charge on any atom is -0.497 e. The first kappa shape index (κ1) is 19.5. The van der Waals surface area contributed by atoms with Gasteiger partial charge in [0.2, 0.25) is 0 Å². The van der Waals surface area contributed by atoms with Gasteiger partial charge in [0.15, 0.2) is 0 Å². The fourth-order valence-corrected chi connectivity index (χ4v) is 3.67. The molecule has 2 heterocycles. The molecule has 2 aliphatic heterocycles. The predicted octanol–water partition coefficient (Wildman–Crippen LogP) is 2.84. The largest absolute Gasteiger partial charge is 0.497 e. The van der Waals surface area contributed by atoms with Crippen molar-refractivity contribution in [3.05, 3.63) is 65.5 Å². The second-order valence-electron chi connectivity index (χ2n) is 7.17. The van der Waals surface area contributed by atoms with Gasteiger partial charge in [-0.3, -0.25) is 9.69 Å². The van der Waals surface area contributed by atoms with E-state index in [9.17, 15) is 9.18 Å². The Morgan fingerprint density at radius 3 is 2.48 bits per heavy atom. The first-order valence-electron chi connectivity index (χ1n) is 9.73. The highest BCUT2D eigenvalue weighted by molar-refractivity contribution is 6.03. The minimum absolute atomic E-state index is 0.0511. The Bertz CT molecular complexity index is 877. The Balaban J connectivity index is 1.59. The van der Waals surface area contributed by atoms with Gasteiger partial charge >= 0.3 is 0 Å². The standard InChI is InChI=1S/C22H24FN3O3/c1-28-19-8-4-17(5-9-19)21-14-20(16-2-6-18(23)7-3-16)24-26(21)22(27)15-25-10-12-29-13-11-25/h2-9,21H,10-15H2,1H3. The Kier molecular flexibility index (Phi) is 5.87. The van der Waals surface area contributed by atoms with Crippen molar-refractivity contribution in [3.8, 4) is 5.75 Å². The van der Waals surface area contributed by atoms with Crippen molar-refractivity contribution in [2.24, 2.45) is 5.10 Å². The summed E-state index contributed by atoms with van der Waals surface area (Å²) in [6, 6.07) is 13.7. The zero-order valence-electron chi connectivity index (χ0n) is 16.4. The molecular weight excluding hydrogens is 373 g/mol. The summed E-state index contributed by atoms with van der Waals surface area (Å²) in [5.74, 6) is 0.418. The van der Waals surface area contributed by atoms with Gasteiger partial charge in [0, 0.05) is 19.5 Å². The van der Waals surface area contributed by atoms with Crippen LogP contribution in [-0.4, -0.2) is 61.5 Å². The summed E-state index contributed by atoms with van der Waals surface area (Å²) in [4.78, 5) is 15.2. The lowest BCUT2D eigenvalue weighted by Gasteiger charge is -2.29. The van der Waals surface area contributed by atoms with Crippen molar-refractivity contribution in [3.63, 3.8) is 0 Å². The number of benzene rings is 2. The van der Waals surface area contributed by atoms with Crippen molar-refractivity contribution in [1.82, 2.24) is 9.91 Å². The van der Waals surface area contributed by atoms with E-state index in [0.717, 1.165) is 35.7 Å². The lowest BCUT2D eigenvalue weighted by Crippen LogP contribution is -2.43. The number of hydrazone groups is 1. The molecule has 2 aromatic carbocycles. The molecule has 6 nitrogen and oxygen atoms in total. The first-order chi connectivity index (χ1) is 14.1. The molecule has 0 saturated carbocycles. The lowest BCUT2D eigenvalue weighted by atomic mass is 9.98. The van der Waals surface area contributed by atoms with E-state index in [0.29, 0.717) is 26.2 Å². The van der Waals surface area contributed by atoms with E-state index in [1.54, 1.807) is 24.3 Å². The van der Waals surface area contributed by atoms with Crippen LogP contribution in [0.3, 0.4) is 0 Å². The number of ether oxygens (including phenoxy) is 2. The molecule has 0 aromatic heterocycles. The summed E-state index contributed by atoms with van der Waals surface area (Å²) in [5, 5.41) is 6.22. The number of hydrogen-bond donors (Lipinski definition) is 0. The fraction of sp³-hybridized carbons (Fsp3) is 0.364. The van der Waals surface area contributed by atoms with Gasteiger partial charge in [-0.05, 0) is 35.4 Å². The zero-order valence-corrected chi connectivity index (χ0v) is 16.4. The van der Waals surface area contributed by atoms with E-state index in [1.165, 1.54) is 12.1 Å². The quantitative estimate of drug-likeness (QED) is 0.779. The molecule has 1 saturated heterocycles. The molecule has 1 fully saturated rings. The molecular formula is C22H24FN3O3. The van der Waals surface area contributed by atoms with Gasteiger partial charge in [0.25, 0.3) is 5.91 Å². The third kappa shape index (κ3) is 4.46. The van der Waals surface area contributed by atoms with Gasteiger partial charge < -0.3 is 9.47 Å². The highest BCUT2D eigenvalue weighted by atomic mass is 19.1. The Morgan fingerprint density at radius 2 is 1.83 bits per heavy atom. The minimum atomic E-state index is -0.292. The Hall–Kier alpha value is -2.77. The molecule has 152 valence electrons. The van der Waals surface area contributed by atoms with Gasteiger partial charge in [-0.1, -0.05) is 24.3 Å². The average Bonchev–Trinajstić information content (AvgIpc) is 3.21. The van der Waals surface area contributed by atoms with Crippen LogP contribution in [0.25, 0.3) is 0 Å². The highest BCUT2D eigenvalue weighted by Gasteiger charge is 2.34. The van der Waals surface area contributed by atoms with Crippen LogP contribution in [0.5, 0.6) is 5.75 Å². The fourth-order valence-electron chi connectivity index (χ4n) is 3.67. The van der Waals surface area contributed by atoms with Crippen molar-refractivity contribution in [2.75, 3.05) is 40.0 Å². The second-order valence-corrected chi connectivity index (χ2v) is 7.17. The summed E-state index contributed by atoms with van der Waals surface area (Å²) in [6.45, 7) is 3.05. The maximum Gasteiger partial charge on any atom is 0.257 e. The van der Waals surface area contributed by atoms with Crippen LogP contribution in [0.4, 0.5) is 4.39 Å². The maximum atomic E-state index is 13.3. The van der Waals surface area contributed by atoms with E-state index in [2.05, 4.69) is 10.0 Å². The van der Waals surface area contributed by atoms with Gasteiger partial charge in [-0.2, -0.15) is 5.10 Å². The van der Waals surface area contributed by atoms with Crippen LogP contribution >= 0.6 is 0 Å². The molecule has 0 N–H and O–H groups in total. The van der Waals surface area contributed by atoms with E-state index >= 15 is 0 Å². The molecule has 29 heavy (non-hydrogen) atoms. The summed E-state index contributed by atoms with van der Waals surface area (Å²) in [5.41, 5.74) is 2.59. The molecule has 2 aliphatic rings. The molecule has 1 amide bonds. The van der Waals surface area contributed by atoms with Gasteiger partial charge in [0.1, 0.15) is 11.6 Å². The molecule has 2 aromatic rings. The van der Waals surface area contributed by atoms with Gasteiger partial charge in [-0.15, -0.1) is 0 Å². The molecule has 0 radical (unpaired) electrons. The Morgan fingerprint density at radius 1 is 1.14 bits per heavy atom. The van der Waals surface area contributed by atoms with Crippen molar-refractivity contribution < 1.29 is 18.7 Å². The van der Waals surface area contributed by atoms with Crippen LogP contribution in [0.2, 0.25) is 0 Å². The molecule has 7 heteroatoms. The van der Waals surface area contributed by atoms with Crippen LogP contribution < -0.4 is 4.74 Å². The normalized spacial score (nSPS) is 19.9. The number of rotatable bonds is 5. The second kappa shape index (κ2) is 8.71. The smallest absolute Gasteiger partial charge is 0.257 e. The van der Waals surface area contributed by atoms with Crippen molar-refractivity contribution in [2.45, 2.75) is 12.5 Å². The van der Waals surface area contributed by atoms with Crippen LogP contribution in [-0.2, 0) is 9.53 Å². The number of amides is 1. The number of methoxy groups -OCH3 is 1. The van der Waals surface area contributed by atoms with Crippen LogP contribution in [0.15, 0.2) is 53.6 Å². The summed E-state index contributed by atoms with van der Waals surface area (Å²) < 4.78 is 23.9. The molecule has 0 bridgehead atoms. The number of hydrogen-bond acceptors (Lipinski definition) is 5. The predicted molar refractivity (Wildman–Crippen MR) is 107 cm³/mol. The number of nitrogens with zero attached hydrogens (tertiary/aromatic N) is 3. The number of halogens is 1. The van der Waals surface area contributed by atoms with Crippen molar-refractivity contribution >= 4 is 11.6 Å². The van der Waals surface area contributed by atoms with Gasteiger partial charge in [0.05, 0.1) is 38.6 Å². The lowest BCUT2D eigenvalue weighted by molar-refractivity contribution is -0.135. The topological polar surface area (TPSA) is 54.4 Å². The first-order valence-corrected chi connectivity index (χ1v) is 9.73. The van der Waals surface area contributed by atoms with E-state index in [-0.39, 0.29) is 17.8 Å². The number of carbonyl (C=O) groups excluding carboxylic acids is 1. The maximum absolute atomic E-state index is 13.3. The number of morpholine rings is 1. The third-order valence-electron chi connectivity index (χ3n) is 5.31. The third-order valence-corrected chi connectivity index (χ3v) is 5.31. The monoisotopic (exact) mass is 397 g/mol. The van der Waals surface area contributed by atoms with E-state index in [4.69, 9.17) is 9.47 Å². The summed E-state index contributed by atoms with van der Waals surface area (Å²) >= 11 is 0. The van der Waals surface area contributed by atoms with Gasteiger partial charge in [-0.25, -0.2) is 9.40 Å². The number of carbonyl (C=O) groups is 1. The SMILES string of the molecule is COc1ccc(C2CC(c3ccc(F)cc3)=NN2C(=O)CN2CCOCC2)cc1. The van der Waals surface area contributed by atoms with E-state index in [1.807, 2.05) is 24.3 Å². The molecule has 0 spiro atoms. The molecule has 0 aliphatic carbocycles. The Labute approximate surface area is 169 Å². The highest BCUT2D eigenvalue weighted by Crippen LogP contribution is 2.33. The van der Waals surface area contributed by atoms with E-state index < -0.39 is 0 Å². The summed E-state index contributed by atoms with van der Waals surface area (Å²) in [7, 11) is 1.62. The molecule has 1 unspecified atom stereocenters.